The number of benzene rings is 1. The molecule has 0 spiro atoms. The second kappa shape index (κ2) is 6.19. The first-order valence-corrected chi connectivity index (χ1v) is 5.84. The summed E-state index contributed by atoms with van der Waals surface area (Å²) in [4.78, 5) is 10.7. The van der Waals surface area contributed by atoms with E-state index in [1.165, 1.54) is 12.1 Å². The molecule has 0 bridgehead atoms. The van der Waals surface area contributed by atoms with Crippen LogP contribution < -0.4 is 4.74 Å². The zero-order valence-electron chi connectivity index (χ0n) is 8.79. The van der Waals surface area contributed by atoms with Crippen molar-refractivity contribution >= 4 is 22.2 Å². The molecule has 0 fully saturated rings. The molecule has 0 radical (unpaired) electrons. The van der Waals surface area contributed by atoms with Crippen LogP contribution in [0.3, 0.4) is 0 Å². The van der Waals surface area contributed by atoms with Gasteiger partial charge in [-0.3, -0.25) is 4.79 Å². The first kappa shape index (κ1) is 12.6. The van der Waals surface area contributed by atoms with Crippen molar-refractivity contribution in [2.24, 2.45) is 0 Å². The number of rotatable bonds is 3. The van der Waals surface area contributed by atoms with Crippen molar-refractivity contribution < 1.29 is 14.6 Å². The Labute approximate surface area is 103 Å². The van der Waals surface area contributed by atoms with Crippen molar-refractivity contribution in [3.05, 3.63) is 23.3 Å². The molecule has 0 amide bonds. The largest absolute Gasteiger partial charge is 0.503 e. The second-order valence-corrected chi connectivity index (χ2v) is 3.46. The van der Waals surface area contributed by atoms with Crippen LogP contribution in [-0.4, -0.2) is 23.3 Å². The molecule has 3 nitrogen and oxygen atoms in total. The Kier molecular flexibility index (Phi) is 4.87. The lowest BCUT2D eigenvalue weighted by Crippen LogP contribution is -1.95. The highest BCUT2D eigenvalue weighted by atomic mass is 79.9. The Balaban J connectivity index is 3.25. The van der Waals surface area contributed by atoms with Crippen LogP contribution in [0.15, 0.2) is 12.1 Å². The summed E-state index contributed by atoms with van der Waals surface area (Å²) in [6.45, 7) is 2.22. The van der Waals surface area contributed by atoms with Gasteiger partial charge in [0.2, 0.25) is 0 Å². The van der Waals surface area contributed by atoms with Crippen molar-refractivity contribution in [3.63, 3.8) is 0 Å². The fourth-order valence-electron chi connectivity index (χ4n) is 1.19. The lowest BCUT2D eigenvalue weighted by atomic mass is 10.1. The van der Waals surface area contributed by atoms with Crippen LogP contribution in [0.1, 0.15) is 22.8 Å². The normalized spacial score (nSPS) is 9.12. The van der Waals surface area contributed by atoms with E-state index in [4.69, 9.17) is 4.74 Å². The van der Waals surface area contributed by atoms with Crippen LogP contribution in [0.2, 0.25) is 0 Å². The van der Waals surface area contributed by atoms with Crippen molar-refractivity contribution in [3.8, 4) is 23.3 Å². The molecule has 0 heterocycles. The zero-order valence-corrected chi connectivity index (χ0v) is 10.4. The average molecular weight is 283 g/mol. The van der Waals surface area contributed by atoms with Gasteiger partial charge >= 0.3 is 0 Å². The summed E-state index contributed by atoms with van der Waals surface area (Å²) < 4.78 is 5.21. The number of carbonyl (C=O) groups is 1. The third kappa shape index (κ3) is 3.01. The molecule has 1 aromatic rings. The minimum absolute atomic E-state index is 0.0269. The van der Waals surface area contributed by atoms with Crippen LogP contribution in [0.4, 0.5) is 0 Å². The quantitative estimate of drug-likeness (QED) is 0.526. The smallest absolute Gasteiger partial charge is 0.173 e. The van der Waals surface area contributed by atoms with Gasteiger partial charge < -0.3 is 9.84 Å². The minimum atomic E-state index is -0.0269. The molecule has 0 unspecified atom stereocenters. The van der Waals surface area contributed by atoms with Crippen LogP contribution in [0.5, 0.6) is 11.5 Å². The Morgan fingerprint density at radius 2 is 2.31 bits per heavy atom. The summed E-state index contributed by atoms with van der Waals surface area (Å²) in [5.74, 6) is 5.77. The Morgan fingerprint density at radius 3 is 2.88 bits per heavy atom. The van der Waals surface area contributed by atoms with Crippen molar-refractivity contribution in [1.82, 2.24) is 0 Å². The number of ether oxygens (including phenoxy) is 1. The minimum Gasteiger partial charge on any atom is -0.503 e. The molecule has 0 aliphatic heterocycles. The number of phenolic OH excluding ortho intramolecular Hbond substituents is 1. The molecule has 0 aliphatic rings. The second-order valence-electron chi connectivity index (χ2n) is 2.90. The third-order valence-electron chi connectivity index (χ3n) is 1.82. The lowest BCUT2D eigenvalue weighted by molar-refractivity contribution is 0.112. The first-order valence-electron chi connectivity index (χ1n) is 4.72. The number of alkyl halides is 1. The predicted octanol–water partition coefficient (Wildman–Crippen LogP) is 2.35. The molecule has 0 saturated heterocycles. The molecule has 0 atom stereocenters. The number of halogens is 1. The fourth-order valence-corrected chi connectivity index (χ4v) is 1.33. The maximum Gasteiger partial charge on any atom is 0.173 e. The van der Waals surface area contributed by atoms with E-state index in [1.807, 2.05) is 0 Å². The van der Waals surface area contributed by atoms with E-state index >= 15 is 0 Å². The van der Waals surface area contributed by atoms with Gasteiger partial charge in [0.1, 0.15) is 6.29 Å². The van der Waals surface area contributed by atoms with Crippen LogP contribution in [0.25, 0.3) is 0 Å². The van der Waals surface area contributed by atoms with Crippen molar-refractivity contribution in [2.45, 2.75) is 6.92 Å². The van der Waals surface area contributed by atoms with E-state index in [0.29, 0.717) is 29.4 Å². The van der Waals surface area contributed by atoms with Gasteiger partial charge in [-0.2, -0.15) is 0 Å². The van der Waals surface area contributed by atoms with E-state index < -0.39 is 0 Å². The highest BCUT2D eigenvalue weighted by molar-refractivity contribution is 9.09. The van der Waals surface area contributed by atoms with Gasteiger partial charge in [0.05, 0.1) is 17.5 Å². The van der Waals surface area contributed by atoms with Gasteiger partial charge in [-0.1, -0.05) is 27.8 Å². The molecule has 84 valence electrons. The fraction of sp³-hybridized carbons (Fsp3) is 0.250. The lowest BCUT2D eigenvalue weighted by Gasteiger charge is -2.07. The predicted molar refractivity (Wildman–Crippen MR) is 65.3 cm³/mol. The van der Waals surface area contributed by atoms with E-state index in [2.05, 4.69) is 27.8 Å². The molecule has 16 heavy (non-hydrogen) atoms. The number of hydrogen-bond donors (Lipinski definition) is 1. The summed E-state index contributed by atoms with van der Waals surface area (Å²) in [7, 11) is 0. The monoisotopic (exact) mass is 282 g/mol. The number of aldehydes is 1. The molecule has 1 aromatic carbocycles. The number of hydrogen-bond acceptors (Lipinski definition) is 3. The van der Waals surface area contributed by atoms with E-state index in [1.54, 1.807) is 6.92 Å². The van der Waals surface area contributed by atoms with Crippen molar-refractivity contribution in [1.29, 1.82) is 0 Å². The number of phenols is 1. The topological polar surface area (TPSA) is 46.5 Å². The summed E-state index contributed by atoms with van der Waals surface area (Å²) in [5.41, 5.74) is 0.827. The Bertz CT molecular complexity index is 444. The molecule has 1 rings (SSSR count). The van der Waals surface area contributed by atoms with E-state index in [0.717, 1.165) is 0 Å². The standard InChI is InChI=1S/C12H11BrO3/c1-2-16-11-7-9(8-14)6-10(12(11)15)4-3-5-13/h6-8,15H,2,5H2,1H3. The molecule has 1 N–H and O–H groups in total. The summed E-state index contributed by atoms with van der Waals surface area (Å²) in [6, 6.07) is 3.02. The highest BCUT2D eigenvalue weighted by Crippen LogP contribution is 2.30. The molecular weight excluding hydrogens is 272 g/mol. The molecule has 0 aromatic heterocycles. The SMILES string of the molecule is CCOc1cc(C=O)cc(C#CCBr)c1O. The maximum atomic E-state index is 10.7. The first-order chi connectivity index (χ1) is 7.72. The van der Waals surface area contributed by atoms with Gasteiger partial charge in [-0.05, 0) is 19.1 Å². The summed E-state index contributed by atoms with van der Waals surface area (Å²) in [5, 5.41) is 10.3. The average Bonchev–Trinajstić information content (AvgIpc) is 2.30. The van der Waals surface area contributed by atoms with Gasteiger partial charge in [-0.25, -0.2) is 0 Å². The van der Waals surface area contributed by atoms with Gasteiger partial charge in [0, 0.05) is 5.56 Å². The van der Waals surface area contributed by atoms with Gasteiger partial charge in [0.25, 0.3) is 0 Å². The van der Waals surface area contributed by atoms with Gasteiger partial charge in [0.15, 0.2) is 11.5 Å². The maximum absolute atomic E-state index is 10.7. The van der Waals surface area contributed by atoms with E-state index in [9.17, 15) is 9.90 Å². The highest BCUT2D eigenvalue weighted by Gasteiger charge is 2.09. The Morgan fingerprint density at radius 1 is 1.56 bits per heavy atom. The number of aromatic hydroxyl groups is 1. The van der Waals surface area contributed by atoms with E-state index in [-0.39, 0.29) is 11.5 Å². The zero-order chi connectivity index (χ0) is 12.0. The van der Waals surface area contributed by atoms with Crippen LogP contribution in [-0.2, 0) is 0 Å². The molecule has 0 aliphatic carbocycles. The van der Waals surface area contributed by atoms with Crippen molar-refractivity contribution in [2.75, 3.05) is 11.9 Å². The molecule has 4 heteroatoms. The number of carbonyl (C=O) groups excluding carboxylic acids is 1. The van der Waals surface area contributed by atoms with Crippen LogP contribution >= 0.6 is 15.9 Å². The van der Waals surface area contributed by atoms with Crippen LogP contribution in [0, 0.1) is 11.8 Å². The summed E-state index contributed by atoms with van der Waals surface area (Å²) in [6.07, 6.45) is 0.696. The van der Waals surface area contributed by atoms with Gasteiger partial charge in [-0.15, -0.1) is 0 Å². The molecular formula is C12H11BrO3. The molecule has 0 saturated carbocycles. The summed E-state index contributed by atoms with van der Waals surface area (Å²) >= 11 is 3.16. The third-order valence-corrected chi connectivity index (χ3v) is 2.10. The Hall–Kier alpha value is -1.47.